The third kappa shape index (κ3) is 3.80. The Morgan fingerprint density at radius 3 is 2.79 bits per heavy atom. The minimum Gasteiger partial charge on any atom is -0.383 e. The van der Waals surface area contributed by atoms with Gasteiger partial charge in [0.15, 0.2) is 0 Å². The highest BCUT2D eigenvalue weighted by molar-refractivity contribution is 6.29. The fourth-order valence-corrected chi connectivity index (χ4v) is 2.25. The number of aromatic nitrogens is 2. The van der Waals surface area contributed by atoms with E-state index in [9.17, 15) is 0 Å². The van der Waals surface area contributed by atoms with Gasteiger partial charge in [-0.2, -0.15) is 0 Å². The van der Waals surface area contributed by atoms with Gasteiger partial charge in [0.1, 0.15) is 16.8 Å². The molecule has 1 atom stereocenters. The predicted octanol–water partition coefficient (Wildman–Crippen LogP) is 3.26. The number of anilines is 1. The Labute approximate surface area is 120 Å². The van der Waals surface area contributed by atoms with Crippen molar-refractivity contribution in [3.8, 4) is 0 Å². The lowest BCUT2D eigenvalue weighted by atomic mass is 10.2. The lowest BCUT2D eigenvalue weighted by Gasteiger charge is -2.29. The highest BCUT2D eigenvalue weighted by atomic mass is 35.5. The normalized spacial score (nSPS) is 16.4. The van der Waals surface area contributed by atoms with Gasteiger partial charge < -0.3 is 9.64 Å². The molecule has 0 aromatic carbocycles. The molecule has 1 aromatic rings. The number of methoxy groups -OCH3 is 1. The number of rotatable bonds is 7. The SMILES string of the molecule is CCC(C)N(CCOC)c1cc(Cl)nc(C2CC2)n1. The maximum absolute atomic E-state index is 6.14. The third-order valence-electron chi connectivity index (χ3n) is 3.59. The van der Waals surface area contributed by atoms with Crippen LogP contribution in [0.15, 0.2) is 6.07 Å². The van der Waals surface area contributed by atoms with Crippen LogP contribution >= 0.6 is 11.6 Å². The topological polar surface area (TPSA) is 38.2 Å². The summed E-state index contributed by atoms with van der Waals surface area (Å²) in [6.07, 6.45) is 3.42. The molecular formula is C14H22ClN3O. The van der Waals surface area contributed by atoms with Crippen molar-refractivity contribution in [3.63, 3.8) is 0 Å². The smallest absolute Gasteiger partial charge is 0.135 e. The number of nitrogens with zero attached hydrogens (tertiary/aromatic N) is 3. The van der Waals surface area contributed by atoms with Crippen LogP contribution in [0, 0.1) is 0 Å². The van der Waals surface area contributed by atoms with E-state index < -0.39 is 0 Å². The Morgan fingerprint density at radius 2 is 2.21 bits per heavy atom. The first-order chi connectivity index (χ1) is 9.15. The first-order valence-corrected chi connectivity index (χ1v) is 7.33. The standard InChI is InChI=1S/C14H22ClN3O/c1-4-10(2)18(7-8-19-3)13-9-12(15)16-14(17-13)11-5-6-11/h9-11H,4-8H2,1-3H3. The predicted molar refractivity (Wildman–Crippen MR) is 78.0 cm³/mol. The summed E-state index contributed by atoms with van der Waals surface area (Å²) in [4.78, 5) is 11.3. The number of hydrogen-bond donors (Lipinski definition) is 0. The molecule has 0 aliphatic heterocycles. The van der Waals surface area contributed by atoms with Crippen LogP contribution in [-0.4, -0.2) is 36.3 Å². The highest BCUT2D eigenvalue weighted by Crippen LogP contribution is 2.39. The third-order valence-corrected chi connectivity index (χ3v) is 3.79. The van der Waals surface area contributed by atoms with Crippen molar-refractivity contribution in [3.05, 3.63) is 17.0 Å². The van der Waals surface area contributed by atoms with Crippen molar-refractivity contribution in [2.75, 3.05) is 25.2 Å². The fraction of sp³-hybridized carbons (Fsp3) is 0.714. The number of hydrogen-bond acceptors (Lipinski definition) is 4. The Morgan fingerprint density at radius 1 is 1.47 bits per heavy atom. The van der Waals surface area contributed by atoms with Crippen LogP contribution < -0.4 is 4.90 Å². The van der Waals surface area contributed by atoms with Crippen LogP contribution in [0.3, 0.4) is 0 Å². The molecule has 0 amide bonds. The van der Waals surface area contributed by atoms with Crippen molar-refractivity contribution < 1.29 is 4.74 Å². The first kappa shape index (κ1) is 14.5. The molecular weight excluding hydrogens is 262 g/mol. The van der Waals surface area contributed by atoms with Crippen molar-refractivity contribution in [2.24, 2.45) is 0 Å². The Balaban J connectivity index is 2.23. The lowest BCUT2D eigenvalue weighted by Crippen LogP contribution is -2.36. The van der Waals surface area contributed by atoms with Gasteiger partial charge in [-0.1, -0.05) is 18.5 Å². The monoisotopic (exact) mass is 283 g/mol. The zero-order valence-electron chi connectivity index (χ0n) is 11.9. The maximum atomic E-state index is 6.14. The van der Waals surface area contributed by atoms with Crippen LogP contribution in [0.4, 0.5) is 5.82 Å². The Hall–Kier alpha value is -0.870. The molecule has 0 saturated heterocycles. The minimum atomic E-state index is 0.410. The van der Waals surface area contributed by atoms with Gasteiger partial charge in [-0.3, -0.25) is 0 Å². The van der Waals surface area contributed by atoms with E-state index in [1.165, 1.54) is 12.8 Å². The molecule has 1 aromatic heterocycles. The molecule has 1 fully saturated rings. The van der Waals surface area contributed by atoms with Crippen molar-refractivity contribution >= 4 is 17.4 Å². The zero-order valence-corrected chi connectivity index (χ0v) is 12.7. The van der Waals surface area contributed by atoms with Crippen molar-refractivity contribution in [2.45, 2.75) is 45.1 Å². The minimum absolute atomic E-state index is 0.410. The summed E-state index contributed by atoms with van der Waals surface area (Å²) < 4.78 is 5.19. The molecule has 4 nitrogen and oxygen atoms in total. The molecule has 1 saturated carbocycles. The molecule has 1 aliphatic rings. The Bertz CT molecular complexity index is 423. The average Bonchev–Trinajstić information content (AvgIpc) is 3.22. The molecule has 0 bridgehead atoms. The first-order valence-electron chi connectivity index (χ1n) is 6.95. The van der Waals surface area contributed by atoms with Gasteiger partial charge in [0.2, 0.25) is 0 Å². The van der Waals surface area contributed by atoms with Crippen LogP contribution in [0.5, 0.6) is 0 Å². The van der Waals surface area contributed by atoms with E-state index in [4.69, 9.17) is 21.3 Å². The number of ether oxygens (including phenoxy) is 1. The van der Waals surface area contributed by atoms with Gasteiger partial charge in [-0.05, 0) is 26.2 Å². The Kier molecular flexibility index (Phi) is 4.99. The molecule has 19 heavy (non-hydrogen) atoms. The van der Waals surface area contributed by atoms with Crippen LogP contribution in [0.25, 0.3) is 0 Å². The molecule has 0 spiro atoms. The summed E-state index contributed by atoms with van der Waals surface area (Å²) in [6.45, 7) is 5.88. The molecule has 2 rings (SSSR count). The van der Waals surface area contributed by atoms with Crippen molar-refractivity contribution in [1.82, 2.24) is 9.97 Å². The molecule has 1 heterocycles. The zero-order chi connectivity index (χ0) is 13.8. The quantitative estimate of drug-likeness (QED) is 0.720. The van der Waals surface area contributed by atoms with E-state index in [2.05, 4.69) is 23.7 Å². The molecule has 0 radical (unpaired) electrons. The molecule has 1 unspecified atom stereocenters. The molecule has 1 aliphatic carbocycles. The van der Waals surface area contributed by atoms with Gasteiger partial charge in [0.25, 0.3) is 0 Å². The number of halogens is 1. The van der Waals surface area contributed by atoms with E-state index in [0.717, 1.165) is 24.6 Å². The van der Waals surface area contributed by atoms with Gasteiger partial charge in [-0.25, -0.2) is 9.97 Å². The largest absolute Gasteiger partial charge is 0.383 e. The molecule has 106 valence electrons. The van der Waals surface area contributed by atoms with E-state index in [1.54, 1.807) is 7.11 Å². The van der Waals surface area contributed by atoms with Gasteiger partial charge in [-0.15, -0.1) is 0 Å². The average molecular weight is 284 g/mol. The summed E-state index contributed by atoms with van der Waals surface area (Å²) in [5, 5.41) is 0.539. The fourth-order valence-electron chi connectivity index (χ4n) is 2.06. The summed E-state index contributed by atoms with van der Waals surface area (Å²) in [5.74, 6) is 2.33. The second kappa shape index (κ2) is 6.53. The van der Waals surface area contributed by atoms with Crippen LogP contribution in [0.1, 0.15) is 44.9 Å². The summed E-state index contributed by atoms with van der Waals surface area (Å²) in [6, 6.07) is 2.27. The van der Waals surface area contributed by atoms with Gasteiger partial charge >= 0.3 is 0 Å². The molecule has 5 heteroatoms. The van der Waals surface area contributed by atoms with E-state index in [1.807, 2.05) is 6.07 Å². The second-order valence-electron chi connectivity index (χ2n) is 5.12. The van der Waals surface area contributed by atoms with E-state index >= 15 is 0 Å². The van der Waals surface area contributed by atoms with E-state index in [0.29, 0.717) is 23.7 Å². The van der Waals surface area contributed by atoms with Gasteiger partial charge in [0, 0.05) is 31.7 Å². The van der Waals surface area contributed by atoms with E-state index in [-0.39, 0.29) is 0 Å². The van der Waals surface area contributed by atoms with Gasteiger partial charge in [0.05, 0.1) is 6.61 Å². The summed E-state index contributed by atoms with van der Waals surface area (Å²) in [7, 11) is 1.72. The summed E-state index contributed by atoms with van der Waals surface area (Å²) >= 11 is 6.14. The molecule has 0 N–H and O–H groups in total. The lowest BCUT2D eigenvalue weighted by molar-refractivity contribution is 0.203. The second-order valence-corrected chi connectivity index (χ2v) is 5.51. The van der Waals surface area contributed by atoms with Crippen molar-refractivity contribution in [1.29, 1.82) is 0 Å². The van der Waals surface area contributed by atoms with Crippen LogP contribution in [0.2, 0.25) is 5.15 Å². The summed E-state index contributed by atoms with van der Waals surface area (Å²) in [5.41, 5.74) is 0. The highest BCUT2D eigenvalue weighted by Gasteiger charge is 2.28. The van der Waals surface area contributed by atoms with Crippen LogP contribution in [-0.2, 0) is 4.74 Å². The maximum Gasteiger partial charge on any atom is 0.135 e.